The number of hydrogen-bond donors (Lipinski definition) is 1. The topological polar surface area (TPSA) is 63.4 Å². The van der Waals surface area contributed by atoms with Crippen LogP contribution in [0.25, 0.3) is 0 Å². The average Bonchev–Trinajstić information content (AvgIpc) is 2.01. The molecule has 84 valence electrons. The molecule has 0 aromatic rings. The maximum absolute atomic E-state index is 11.6. The van der Waals surface area contributed by atoms with Crippen LogP contribution in [0.2, 0.25) is 0 Å². The summed E-state index contributed by atoms with van der Waals surface area (Å²) < 4.78 is 24.5. The van der Waals surface area contributed by atoms with Crippen LogP contribution >= 0.6 is 24.0 Å². The van der Waals surface area contributed by atoms with Crippen molar-refractivity contribution in [3.8, 4) is 0 Å². The highest BCUT2D eigenvalue weighted by atomic mass is 32.2. The van der Waals surface area contributed by atoms with E-state index in [0.29, 0.717) is 0 Å². The highest BCUT2D eigenvalue weighted by Gasteiger charge is 2.23. The molecule has 0 aromatic carbocycles. The lowest BCUT2D eigenvalue weighted by Gasteiger charge is -2.23. The number of nitrogens with two attached hydrogens (primary N) is 1. The van der Waals surface area contributed by atoms with Crippen molar-refractivity contribution >= 4 is 39.0 Å². The van der Waals surface area contributed by atoms with Gasteiger partial charge in [0.05, 0.1) is 4.99 Å². The second-order valence-electron chi connectivity index (χ2n) is 3.04. The van der Waals surface area contributed by atoms with Crippen LogP contribution in [-0.4, -0.2) is 48.6 Å². The molecule has 1 unspecified atom stereocenters. The van der Waals surface area contributed by atoms with E-state index in [1.165, 1.54) is 4.31 Å². The Morgan fingerprint density at radius 3 is 2.50 bits per heavy atom. The standard InChI is InChI=1S/C7H16N2O2S3/c1-6(4-13-3)9(2)14(10,11)5-7(8)12/h6H,4-5H2,1-3H3,(H2,8,12). The van der Waals surface area contributed by atoms with Gasteiger partial charge in [-0.05, 0) is 13.2 Å². The van der Waals surface area contributed by atoms with Crippen molar-refractivity contribution in [3.63, 3.8) is 0 Å². The normalized spacial score (nSPS) is 14.3. The smallest absolute Gasteiger partial charge is 0.220 e. The Hall–Kier alpha value is 0.150. The van der Waals surface area contributed by atoms with E-state index in [4.69, 9.17) is 5.73 Å². The van der Waals surface area contributed by atoms with Crippen LogP contribution in [0.15, 0.2) is 0 Å². The van der Waals surface area contributed by atoms with E-state index in [9.17, 15) is 8.42 Å². The number of nitrogens with zero attached hydrogens (tertiary/aromatic N) is 1. The Morgan fingerprint density at radius 2 is 2.14 bits per heavy atom. The third kappa shape index (κ3) is 4.59. The molecule has 0 heterocycles. The van der Waals surface area contributed by atoms with E-state index in [1.807, 2.05) is 13.2 Å². The molecule has 0 spiro atoms. The fourth-order valence-electron chi connectivity index (χ4n) is 0.902. The third-order valence-corrected chi connectivity index (χ3v) is 4.85. The Morgan fingerprint density at radius 1 is 1.64 bits per heavy atom. The second-order valence-corrected chi connectivity index (χ2v) is 6.51. The quantitative estimate of drug-likeness (QED) is 0.692. The van der Waals surface area contributed by atoms with Gasteiger partial charge in [0, 0.05) is 18.8 Å². The molecular formula is C7H16N2O2S3. The molecule has 0 aliphatic carbocycles. The summed E-state index contributed by atoms with van der Waals surface area (Å²) >= 11 is 6.18. The van der Waals surface area contributed by atoms with E-state index in [2.05, 4.69) is 12.2 Å². The van der Waals surface area contributed by atoms with Crippen molar-refractivity contribution in [2.24, 2.45) is 5.73 Å². The molecule has 1 atom stereocenters. The zero-order valence-corrected chi connectivity index (χ0v) is 11.0. The van der Waals surface area contributed by atoms with Crippen molar-refractivity contribution in [2.45, 2.75) is 13.0 Å². The summed E-state index contributed by atoms with van der Waals surface area (Å²) in [4.78, 5) is 0.00759. The van der Waals surface area contributed by atoms with Crippen molar-refractivity contribution in [1.82, 2.24) is 4.31 Å². The zero-order valence-electron chi connectivity index (χ0n) is 8.56. The maximum atomic E-state index is 11.6. The van der Waals surface area contributed by atoms with Crippen LogP contribution in [0.5, 0.6) is 0 Å². The Kier molecular flexibility index (Phi) is 5.96. The molecule has 0 aliphatic heterocycles. The zero-order chi connectivity index (χ0) is 11.4. The Balaban J connectivity index is 4.50. The molecule has 0 radical (unpaired) electrons. The summed E-state index contributed by atoms with van der Waals surface area (Å²) in [6.45, 7) is 1.85. The van der Waals surface area contributed by atoms with E-state index in [-0.39, 0.29) is 16.8 Å². The lowest BCUT2D eigenvalue weighted by molar-refractivity contribution is 0.417. The second kappa shape index (κ2) is 5.89. The largest absolute Gasteiger partial charge is 0.392 e. The molecule has 0 rings (SSSR count). The molecule has 0 saturated carbocycles. The first-order valence-corrected chi connectivity index (χ1v) is 7.45. The summed E-state index contributed by atoms with van der Waals surface area (Å²) in [6, 6.07) is -0.0376. The molecule has 14 heavy (non-hydrogen) atoms. The first-order chi connectivity index (χ1) is 6.31. The first kappa shape index (κ1) is 14.2. The van der Waals surface area contributed by atoms with Crippen molar-refractivity contribution < 1.29 is 8.42 Å². The number of rotatable bonds is 6. The fourth-order valence-corrected chi connectivity index (χ4v) is 3.34. The van der Waals surface area contributed by atoms with Gasteiger partial charge >= 0.3 is 0 Å². The van der Waals surface area contributed by atoms with E-state index in [1.54, 1.807) is 18.8 Å². The molecular weight excluding hydrogens is 240 g/mol. The van der Waals surface area contributed by atoms with Crippen LogP contribution in [0.1, 0.15) is 6.92 Å². The summed E-state index contributed by atoms with van der Waals surface area (Å²) in [5, 5.41) is 0. The fraction of sp³-hybridized carbons (Fsp3) is 0.857. The van der Waals surface area contributed by atoms with Gasteiger partial charge in [0.2, 0.25) is 10.0 Å². The van der Waals surface area contributed by atoms with Gasteiger partial charge in [0.1, 0.15) is 5.75 Å². The molecule has 0 aromatic heterocycles. The molecule has 4 nitrogen and oxygen atoms in total. The molecule has 0 aliphatic rings. The minimum absolute atomic E-state index is 0.00759. The molecule has 0 saturated heterocycles. The minimum Gasteiger partial charge on any atom is -0.392 e. The molecule has 0 bridgehead atoms. The average molecular weight is 256 g/mol. The van der Waals surface area contributed by atoms with Crippen molar-refractivity contribution in [2.75, 3.05) is 24.8 Å². The summed E-state index contributed by atoms with van der Waals surface area (Å²) in [7, 11) is -1.78. The SMILES string of the molecule is CSCC(C)N(C)S(=O)(=O)CC(N)=S. The van der Waals surface area contributed by atoms with Gasteiger partial charge in [0.25, 0.3) is 0 Å². The van der Waals surface area contributed by atoms with Crippen LogP contribution in [0, 0.1) is 0 Å². The molecule has 0 fully saturated rings. The Bertz CT molecular complexity index is 289. The molecule has 0 amide bonds. The maximum Gasteiger partial charge on any atom is 0.220 e. The lowest BCUT2D eigenvalue weighted by Crippen LogP contribution is -2.40. The molecule has 7 heteroatoms. The van der Waals surface area contributed by atoms with E-state index < -0.39 is 10.0 Å². The van der Waals surface area contributed by atoms with E-state index >= 15 is 0 Å². The van der Waals surface area contributed by atoms with Gasteiger partial charge in [0.15, 0.2) is 0 Å². The third-order valence-electron chi connectivity index (χ3n) is 1.79. The van der Waals surface area contributed by atoms with Crippen LogP contribution < -0.4 is 5.73 Å². The number of hydrogen-bond acceptors (Lipinski definition) is 4. The van der Waals surface area contributed by atoms with Gasteiger partial charge < -0.3 is 5.73 Å². The van der Waals surface area contributed by atoms with E-state index in [0.717, 1.165) is 5.75 Å². The van der Waals surface area contributed by atoms with Gasteiger partial charge in [-0.1, -0.05) is 12.2 Å². The Labute approximate surface area is 95.3 Å². The van der Waals surface area contributed by atoms with Gasteiger partial charge in [-0.15, -0.1) is 0 Å². The highest BCUT2D eigenvalue weighted by Crippen LogP contribution is 2.08. The van der Waals surface area contributed by atoms with Gasteiger partial charge in [-0.25, -0.2) is 12.7 Å². The number of sulfonamides is 1. The predicted molar refractivity (Wildman–Crippen MR) is 66.2 cm³/mol. The van der Waals surface area contributed by atoms with Gasteiger partial charge in [-0.3, -0.25) is 0 Å². The van der Waals surface area contributed by atoms with Crippen LogP contribution in [0.3, 0.4) is 0 Å². The summed E-state index contributed by atoms with van der Waals surface area (Å²) in [6.07, 6.45) is 1.94. The highest BCUT2D eigenvalue weighted by molar-refractivity contribution is 7.98. The predicted octanol–water partition coefficient (Wildman–Crippen LogP) is 0.286. The molecule has 2 N–H and O–H groups in total. The number of thioether (sulfide) groups is 1. The minimum atomic E-state index is -3.33. The number of thiocarbonyl (C=S) groups is 1. The van der Waals surface area contributed by atoms with Gasteiger partial charge in [-0.2, -0.15) is 11.8 Å². The van der Waals surface area contributed by atoms with Crippen molar-refractivity contribution in [1.29, 1.82) is 0 Å². The summed E-state index contributed by atoms with van der Waals surface area (Å²) in [5.41, 5.74) is 5.21. The van der Waals surface area contributed by atoms with Crippen molar-refractivity contribution in [3.05, 3.63) is 0 Å². The first-order valence-electron chi connectivity index (χ1n) is 4.04. The van der Waals surface area contributed by atoms with Crippen LogP contribution in [-0.2, 0) is 10.0 Å². The lowest BCUT2D eigenvalue weighted by atomic mass is 10.4. The summed E-state index contributed by atoms with van der Waals surface area (Å²) in [5.74, 6) is 0.505. The van der Waals surface area contributed by atoms with Crippen LogP contribution in [0.4, 0.5) is 0 Å². The monoisotopic (exact) mass is 256 g/mol.